The van der Waals surface area contributed by atoms with Crippen LogP contribution in [0.1, 0.15) is 31.0 Å². The molecule has 1 atom stereocenters. The van der Waals surface area contributed by atoms with E-state index in [2.05, 4.69) is 17.4 Å². The van der Waals surface area contributed by atoms with Crippen LogP contribution >= 0.6 is 0 Å². The van der Waals surface area contributed by atoms with Gasteiger partial charge in [0.2, 0.25) is 0 Å². The molecule has 3 rings (SSSR count). The van der Waals surface area contributed by atoms with Crippen molar-refractivity contribution in [2.24, 2.45) is 5.92 Å². The van der Waals surface area contributed by atoms with Crippen LogP contribution in [0.4, 0.5) is 0 Å². The Morgan fingerprint density at radius 3 is 2.05 bits per heavy atom. The molecule has 3 heteroatoms. The van der Waals surface area contributed by atoms with Gasteiger partial charge < -0.3 is 15.2 Å². The average Bonchev–Trinajstić information content (AvgIpc) is 2.51. The molecule has 21 heavy (non-hydrogen) atoms. The Hall–Kier alpha value is -1.84. The topological polar surface area (TPSA) is 41.5 Å². The summed E-state index contributed by atoms with van der Waals surface area (Å²) in [6, 6.07) is 16.2. The van der Waals surface area contributed by atoms with Gasteiger partial charge in [-0.25, -0.2) is 0 Å². The Bertz CT molecular complexity index is 579. The van der Waals surface area contributed by atoms with E-state index in [0.717, 1.165) is 22.6 Å². The molecule has 0 spiro atoms. The third kappa shape index (κ3) is 2.80. The second-order valence-electron chi connectivity index (χ2n) is 5.83. The third-order valence-corrected chi connectivity index (χ3v) is 3.98. The molecule has 3 nitrogen and oxygen atoms in total. The Morgan fingerprint density at radius 2 is 1.52 bits per heavy atom. The van der Waals surface area contributed by atoms with Gasteiger partial charge in [-0.15, -0.1) is 0 Å². The number of para-hydroxylation sites is 2. The van der Waals surface area contributed by atoms with E-state index in [1.807, 2.05) is 50.2 Å². The fraction of sp³-hybridized carbons (Fsp3) is 0.333. The van der Waals surface area contributed by atoms with Crippen LogP contribution in [0.15, 0.2) is 48.5 Å². The molecule has 0 bridgehead atoms. The Kier molecular flexibility index (Phi) is 3.95. The molecule has 2 aromatic carbocycles. The summed E-state index contributed by atoms with van der Waals surface area (Å²) in [5.41, 5.74) is 2.24. The summed E-state index contributed by atoms with van der Waals surface area (Å²) in [5, 5.41) is 13.5. The molecular weight excluding hydrogens is 262 g/mol. The molecule has 2 aromatic rings. The molecule has 110 valence electrons. The number of rotatable bonds is 4. The van der Waals surface area contributed by atoms with Crippen molar-refractivity contribution < 1.29 is 9.84 Å². The highest BCUT2D eigenvalue weighted by molar-refractivity contribution is 5.52. The quantitative estimate of drug-likeness (QED) is 0.902. The lowest BCUT2D eigenvalue weighted by molar-refractivity contribution is 0.121. The van der Waals surface area contributed by atoms with E-state index in [-0.39, 0.29) is 18.1 Å². The first-order valence-electron chi connectivity index (χ1n) is 7.44. The fourth-order valence-electron chi connectivity index (χ4n) is 2.60. The zero-order chi connectivity index (χ0) is 14.8. The van der Waals surface area contributed by atoms with Crippen LogP contribution in [0.25, 0.3) is 0 Å². The number of ether oxygens (including phenoxy) is 1. The van der Waals surface area contributed by atoms with Crippen molar-refractivity contribution >= 4 is 0 Å². The highest BCUT2D eigenvalue weighted by Crippen LogP contribution is 2.42. The number of benzene rings is 2. The fourth-order valence-corrected chi connectivity index (χ4v) is 2.60. The van der Waals surface area contributed by atoms with Crippen molar-refractivity contribution in [1.82, 2.24) is 5.32 Å². The molecular formula is C18H21NO2. The van der Waals surface area contributed by atoms with Gasteiger partial charge >= 0.3 is 0 Å². The molecule has 0 saturated carbocycles. The van der Waals surface area contributed by atoms with Gasteiger partial charge in [-0.3, -0.25) is 0 Å². The molecule has 2 N–H and O–H groups in total. The lowest BCUT2D eigenvalue weighted by Crippen LogP contribution is -2.34. The molecule has 0 saturated heterocycles. The summed E-state index contributed by atoms with van der Waals surface area (Å²) in [5.74, 6) is 2.00. The van der Waals surface area contributed by atoms with Crippen LogP contribution in [-0.2, 0) is 0 Å². The largest absolute Gasteiger partial charge is 0.457 e. The average molecular weight is 283 g/mol. The van der Waals surface area contributed by atoms with E-state index in [4.69, 9.17) is 4.74 Å². The minimum Gasteiger partial charge on any atom is -0.457 e. The molecule has 0 fully saturated rings. The third-order valence-electron chi connectivity index (χ3n) is 3.98. The summed E-state index contributed by atoms with van der Waals surface area (Å²) in [7, 11) is 0. The SMILES string of the molecule is CC(C)C(O)CNC1c2ccccc2Oc2ccccc21. The van der Waals surface area contributed by atoms with Crippen molar-refractivity contribution in [3.05, 3.63) is 59.7 Å². The van der Waals surface area contributed by atoms with Gasteiger partial charge in [-0.05, 0) is 18.1 Å². The predicted molar refractivity (Wildman–Crippen MR) is 83.6 cm³/mol. The summed E-state index contributed by atoms with van der Waals surface area (Å²) in [6.07, 6.45) is -0.354. The van der Waals surface area contributed by atoms with Gasteiger partial charge in [-0.2, -0.15) is 0 Å². The van der Waals surface area contributed by atoms with Gasteiger partial charge in [0.05, 0.1) is 12.1 Å². The lowest BCUT2D eigenvalue weighted by Gasteiger charge is -2.30. The number of hydrogen-bond acceptors (Lipinski definition) is 3. The highest BCUT2D eigenvalue weighted by Gasteiger charge is 2.27. The van der Waals surface area contributed by atoms with Gasteiger partial charge in [0.25, 0.3) is 0 Å². The van der Waals surface area contributed by atoms with Crippen molar-refractivity contribution in [3.63, 3.8) is 0 Å². The summed E-state index contributed by atoms with van der Waals surface area (Å²) in [6.45, 7) is 4.61. The number of hydrogen-bond donors (Lipinski definition) is 2. The number of fused-ring (bicyclic) bond motifs is 2. The minimum atomic E-state index is -0.354. The molecule has 1 aliphatic rings. The molecule has 1 aliphatic heterocycles. The monoisotopic (exact) mass is 283 g/mol. The lowest BCUT2D eigenvalue weighted by atomic mass is 9.94. The van der Waals surface area contributed by atoms with E-state index in [1.54, 1.807) is 0 Å². The zero-order valence-corrected chi connectivity index (χ0v) is 12.4. The van der Waals surface area contributed by atoms with Crippen LogP contribution in [-0.4, -0.2) is 17.8 Å². The van der Waals surface area contributed by atoms with Crippen molar-refractivity contribution in [1.29, 1.82) is 0 Å². The van der Waals surface area contributed by atoms with Crippen LogP contribution in [0.2, 0.25) is 0 Å². The normalized spacial score (nSPS) is 15.2. The van der Waals surface area contributed by atoms with Crippen molar-refractivity contribution in [3.8, 4) is 11.5 Å². The van der Waals surface area contributed by atoms with Gasteiger partial charge in [-0.1, -0.05) is 50.2 Å². The molecule has 0 aromatic heterocycles. The van der Waals surface area contributed by atoms with Gasteiger partial charge in [0, 0.05) is 17.7 Å². The number of nitrogens with one attached hydrogen (secondary N) is 1. The molecule has 1 unspecified atom stereocenters. The highest BCUT2D eigenvalue weighted by atomic mass is 16.5. The van der Waals surface area contributed by atoms with Crippen molar-refractivity contribution in [2.75, 3.05) is 6.54 Å². The predicted octanol–water partition coefficient (Wildman–Crippen LogP) is 3.49. The van der Waals surface area contributed by atoms with E-state index in [1.165, 1.54) is 0 Å². The molecule has 0 aliphatic carbocycles. The minimum absolute atomic E-state index is 0.0551. The standard InChI is InChI=1S/C18H21NO2/c1-12(2)15(20)11-19-18-13-7-3-5-9-16(13)21-17-10-6-4-8-14(17)18/h3-10,12,15,18-20H,11H2,1-2H3. The van der Waals surface area contributed by atoms with Gasteiger partial charge in [0.15, 0.2) is 0 Å². The Morgan fingerprint density at radius 1 is 1.00 bits per heavy atom. The first kappa shape index (κ1) is 14.1. The second-order valence-corrected chi connectivity index (χ2v) is 5.83. The Labute approximate surface area is 125 Å². The van der Waals surface area contributed by atoms with Crippen LogP contribution in [0.3, 0.4) is 0 Å². The number of aliphatic hydroxyl groups is 1. The molecule has 0 radical (unpaired) electrons. The van der Waals surface area contributed by atoms with E-state index < -0.39 is 0 Å². The maximum atomic E-state index is 10.1. The maximum Gasteiger partial charge on any atom is 0.132 e. The van der Waals surface area contributed by atoms with E-state index in [9.17, 15) is 5.11 Å². The first-order valence-corrected chi connectivity index (χ1v) is 7.44. The van der Waals surface area contributed by atoms with Gasteiger partial charge in [0.1, 0.15) is 11.5 Å². The number of aliphatic hydroxyl groups excluding tert-OH is 1. The van der Waals surface area contributed by atoms with Crippen molar-refractivity contribution in [2.45, 2.75) is 26.0 Å². The van der Waals surface area contributed by atoms with E-state index >= 15 is 0 Å². The van der Waals surface area contributed by atoms with Crippen LogP contribution in [0, 0.1) is 5.92 Å². The zero-order valence-electron chi connectivity index (χ0n) is 12.4. The summed E-state index contributed by atoms with van der Waals surface area (Å²) >= 11 is 0. The first-order chi connectivity index (χ1) is 10.2. The summed E-state index contributed by atoms with van der Waals surface area (Å²) < 4.78 is 5.96. The smallest absolute Gasteiger partial charge is 0.132 e. The molecule has 1 heterocycles. The molecule has 0 amide bonds. The maximum absolute atomic E-state index is 10.1. The van der Waals surface area contributed by atoms with Crippen LogP contribution < -0.4 is 10.1 Å². The van der Waals surface area contributed by atoms with Crippen LogP contribution in [0.5, 0.6) is 11.5 Å². The Balaban J connectivity index is 1.91. The van der Waals surface area contributed by atoms with E-state index in [0.29, 0.717) is 6.54 Å². The second kappa shape index (κ2) is 5.88. The summed E-state index contributed by atoms with van der Waals surface area (Å²) in [4.78, 5) is 0.